The van der Waals surface area contributed by atoms with Crippen LogP contribution in [-0.4, -0.2) is 24.1 Å². The first kappa shape index (κ1) is 11.6. The van der Waals surface area contributed by atoms with Crippen LogP contribution in [0.1, 0.15) is 30.1 Å². The Hall–Kier alpha value is -1.84. The molecule has 0 amide bonds. The highest BCUT2D eigenvalue weighted by Gasteiger charge is 2.31. The molecule has 1 aromatic carbocycles. The summed E-state index contributed by atoms with van der Waals surface area (Å²) >= 11 is 0. The maximum atomic E-state index is 11.7. The summed E-state index contributed by atoms with van der Waals surface area (Å²) in [4.78, 5) is 23.2. The molecule has 1 fully saturated rings. The molecule has 0 saturated carbocycles. The van der Waals surface area contributed by atoms with E-state index in [0.29, 0.717) is 12.0 Å². The lowest BCUT2D eigenvalue weighted by molar-refractivity contribution is -0.165. The van der Waals surface area contributed by atoms with Crippen molar-refractivity contribution in [3.63, 3.8) is 0 Å². The maximum Gasteiger partial charge on any atom is 0.347 e. The van der Waals surface area contributed by atoms with Crippen LogP contribution >= 0.6 is 0 Å². The van der Waals surface area contributed by atoms with Crippen molar-refractivity contribution in [3.8, 4) is 0 Å². The van der Waals surface area contributed by atoms with Crippen molar-refractivity contribution >= 4 is 11.9 Å². The van der Waals surface area contributed by atoms with Crippen LogP contribution in [0.2, 0.25) is 0 Å². The monoisotopic (exact) mass is 234 g/mol. The second-order valence-electron chi connectivity index (χ2n) is 4.08. The Morgan fingerprint density at radius 2 is 2.00 bits per heavy atom. The molecule has 1 aliphatic rings. The van der Waals surface area contributed by atoms with Crippen LogP contribution in [0.3, 0.4) is 0 Å². The number of rotatable bonds is 2. The van der Waals surface area contributed by atoms with Crippen LogP contribution in [-0.2, 0) is 14.3 Å². The molecule has 0 spiro atoms. The van der Waals surface area contributed by atoms with Gasteiger partial charge in [-0.3, -0.25) is 0 Å². The molecular formula is C13H14O4. The zero-order valence-corrected chi connectivity index (χ0v) is 9.59. The normalized spacial score (nSPS) is 23.9. The van der Waals surface area contributed by atoms with Gasteiger partial charge in [0.05, 0.1) is 11.7 Å². The highest BCUT2D eigenvalue weighted by molar-refractivity contribution is 5.91. The molecule has 0 unspecified atom stereocenters. The van der Waals surface area contributed by atoms with Crippen molar-refractivity contribution < 1.29 is 19.1 Å². The Labute approximate surface area is 99.5 Å². The van der Waals surface area contributed by atoms with Gasteiger partial charge in [-0.1, -0.05) is 18.2 Å². The van der Waals surface area contributed by atoms with E-state index < -0.39 is 18.0 Å². The van der Waals surface area contributed by atoms with E-state index in [1.54, 1.807) is 24.3 Å². The molecular weight excluding hydrogens is 220 g/mol. The third kappa shape index (κ3) is 2.84. The van der Waals surface area contributed by atoms with E-state index in [1.807, 2.05) is 13.0 Å². The number of hydrogen-bond acceptors (Lipinski definition) is 4. The van der Waals surface area contributed by atoms with Crippen LogP contribution in [0.15, 0.2) is 30.3 Å². The number of hydrogen-bond donors (Lipinski definition) is 0. The maximum absolute atomic E-state index is 11.7. The molecule has 1 heterocycles. The minimum atomic E-state index is -0.765. The summed E-state index contributed by atoms with van der Waals surface area (Å²) in [6.07, 6.45) is 0.393. The molecule has 1 saturated heterocycles. The molecule has 0 aliphatic carbocycles. The molecule has 0 aromatic heterocycles. The van der Waals surface area contributed by atoms with Gasteiger partial charge in [0.25, 0.3) is 0 Å². The summed E-state index contributed by atoms with van der Waals surface area (Å²) in [7, 11) is 0. The molecule has 0 radical (unpaired) electrons. The molecule has 2 atom stereocenters. The second kappa shape index (κ2) is 4.99. The van der Waals surface area contributed by atoms with Crippen molar-refractivity contribution in [2.75, 3.05) is 0 Å². The van der Waals surface area contributed by atoms with Gasteiger partial charge in [0, 0.05) is 0 Å². The van der Waals surface area contributed by atoms with E-state index in [4.69, 9.17) is 9.47 Å². The van der Waals surface area contributed by atoms with E-state index in [2.05, 4.69) is 0 Å². The Morgan fingerprint density at radius 1 is 1.29 bits per heavy atom. The van der Waals surface area contributed by atoms with Gasteiger partial charge in [0.15, 0.2) is 6.10 Å². The molecule has 0 N–H and O–H groups in total. The van der Waals surface area contributed by atoms with Gasteiger partial charge in [-0.2, -0.15) is 0 Å². The van der Waals surface area contributed by atoms with Crippen LogP contribution in [0.5, 0.6) is 0 Å². The van der Waals surface area contributed by atoms with Crippen molar-refractivity contribution in [2.24, 2.45) is 0 Å². The topological polar surface area (TPSA) is 52.6 Å². The Kier molecular flexibility index (Phi) is 3.42. The van der Waals surface area contributed by atoms with Gasteiger partial charge in [-0.05, 0) is 31.9 Å². The number of carbonyl (C=O) groups is 2. The summed E-state index contributed by atoms with van der Waals surface area (Å²) < 4.78 is 10.1. The molecule has 1 aliphatic heterocycles. The predicted octanol–water partition coefficient (Wildman–Crippen LogP) is 1.94. The third-order valence-corrected chi connectivity index (χ3v) is 2.67. The number of ether oxygens (including phenoxy) is 2. The average Bonchev–Trinajstić information content (AvgIpc) is 2.34. The lowest BCUT2D eigenvalue weighted by atomic mass is 10.1. The SMILES string of the molecule is C[C@H]1CC[C@@H](OC(=O)c2ccccc2)C(=O)O1. The molecule has 0 bridgehead atoms. The fourth-order valence-electron chi connectivity index (χ4n) is 1.72. The van der Waals surface area contributed by atoms with Crippen molar-refractivity contribution in [2.45, 2.75) is 32.0 Å². The Morgan fingerprint density at radius 3 is 2.65 bits per heavy atom. The fourth-order valence-corrected chi connectivity index (χ4v) is 1.72. The molecule has 4 nitrogen and oxygen atoms in total. The van der Waals surface area contributed by atoms with Gasteiger partial charge in [-0.25, -0.2) is 9.59 Å². The van der Waals surface area contributed by atoms with E-state index in [-0.39, 0.29) is 6.10 Å². The standard InChI is InChI=1S/C13H14O4/c1-9-7-8-11(13(15)16-9)17-12(14)10-5-3-2-4-6-10/h2-6,9,11H,7-8H2,1H3/t9-,11+/m0/s1. The summed E-state index contributed by atoms with van der Waals surface area (Å²) in [5, 5.41) is 0. The zero-order valence-electron chi connectivity index (χ0n) is 9.59. The van der Waals surface area contributed by atoms with Crippen LogP contribution < -0.4 is 0 Å². The zero-order chi connectivity index (χ0) is 12.3. The smallest absolute Gasteiger partial charge is 0.347 e. The van der Waals surface area contributed by atoms with Gasteiger partial charge in [-0.15, -0.1) is 0 Å². The molecule has 1 aromatic rings. The molecule has 4 heteroatoms. The van der Waals surface area contributed by atoms with Crippen LogP contribution in [0, 0.1) is 0 Å². The van der Waals surface area contributed by atoms with E-state index in [0.717, 1.165) is 6.42 Å². The number of benzene rings is 1. The first-order chi connectivity index (χ1) is 8.16. The lowest BCUT2D eigenvalue weighted by Crippen LogP contribution is -2.36. The Bertz CT molecular complexity index is 413. The predicted molar refractivity (Wildman–Crippen MR) is 60.4 cm³/mol. The van der Waals surface area contributed by atoms with E-state index >= 15 is 0 Å². The van der Waals surface area contributed by atoms with Crippen LogP contribution in [0.25, 0.3) is 0 Å². The van der Waals surface area contributed by atoms with Gasteiger partial charge in [0.2, 0.25) is 0 Å². The first-order valence-corrected chi connectivity index (χ1v) is 5.63. The number of carbonyl (C=O) groups excluding carboxylic acids is 2. The highest BCUT2D eigenvalue weighted by atomic mass is 16.6. The molecule has 90 valence electrons. The fraction of sp³-hybridized carbons (Fsp3) is 0.385. The van der Waals surface area contributed by atoms with Crippen molar-refractivity contribution in [1.82, 2.24) is 0 Å². The van der Waals surface area contributed by atoms with E-state index in [9.17, 15) is 9.59 Å². The summed E-state index contributed by atoms with van der Waals surface area (Å²) in [5.74, 6) is -0.935. The van der Waals surface area contributed by atoms with Gasteiger partial charge < -0.3 is 9.47 Å². The second-order valence-corrected chi connectivity index (χ2v) is 4.08. The third-order valence-electron chi connectivity index (χ3n) is 2.67. The lowest BCUT2D eigenvalue weighted by Gasteiger charge is -2.25. The summed E-state index contributed by atoms with van der Waals surface area (Å²) in [5.41, 5.74) is 0.443. The summed E-state index contributed by atoms with van der Waals surface area (Å²) in [6.45, 7) is 1.83. The quantitative estimate of drug-likeness (QED) is 0.734. The van der Waals surface area contributed by atoms with Gasteiger partial charge in [0.1, 0.15) is 0 Å². The summed E-state index contributed by atoms with van der Waals surface area (Å²) in [6, 6.07) is 8.61. The number of cyclic esters (lactones) is 1. The first-order valence-electron chi connectivity index (χ1n) is 5.63. The molecule has 2 rings (SSSR count). The largest absolute Gasteiger partial charge is 0.460 e. The Balaban J connectivity index is 1.98. The van der Waals surface area contributed by atoms with Crippen LogP contribution in [0.4, 0.5) is 0 Å². The molecule has 17 heavy (non-hydrogen) atoms. The highest BCUT2D eigenvalue weighted by Crippen LogP contribution is 2.18. The minimum Gasteiger partial charge on any atom is -0.460 e. The minimum absolute atomic E-state index is 0.0887. The van der Waals surface area contributed by atoms with Gasteiger partial charge >= 0.3 is 11.9 Å². The van der Waals surface area contributed by atoms with Crippen molar-refractivity contribution in [3.05, 3.63) is 35.9 Å². The number of esters is 2. The van der Waals surface area contributed by atoms with E-state index in [1.165, 1.54) is 0 Å². The average molecular weight is 234 g/mol. The van der Waals surface area contributed by atoms with Crippen molar-refractivity contribution in [1.29, 1.82) is 0 Å².